The predicted octanol–water partition coefficient (Wildman–Crippen LogP) is 5.58. The quantitative estimate of drug-likeness (QED) is 0.379. The number of hydrogen-bond donors (Lipinski definition) is 1. The molecule has 5 heterocycles. The lowest BCUT2D eigenvalue weighted by Gasteiger charge is -2.29. The summed E-state index contributed by atoms with van der Waals surface area (Å²) in [6.45, 7) is 4.96. The summed E-state index contributed by atoms with van der Waals surface area (Å²) in [5.41, 5.74) is 2.81. The summed E-state index contributed by atoms with van der Waals surface area (Å²) in [5, 5.41) is 3.65. The van der Waals surface area contributed by atoms with E-state index >= 15 is 4.39 Å². The molecule has 0 spiro atoms. The zero-order valence-corrected chi connectivity index (χ0v) is 21.6. The lowest BCUT2D eigenvalue weighted by molar-refractivity contribution is 0.255. The second kappa shape index (κ2) is 9.71. The fourth-order valence-corrected chi connectivity index (χ4v) is 6.20. The molecule has 5 rings (SSSR count). The average molecular weight is 510 g/mol. The van der Waals surface area contributed by atoms with Gasteiger partial charge in [0, 0.05) is 28.3 Å². The van der Waals surface area contributed by atoms with E-state index in [0.717, 1.165) is 34.9 Å². The summed E-state index contributed by atoms with van der Waals surface area (Å²) < 4.78 is 40.2. The van der Waals surface area contributed by atoms with Crippen molar-refractivity contribution in [3.63, 3.8) is 0 Å². The Bertz CT molecular complexity index is 1570. The number of rotatable bonds is 5. The van der Waals surface area contributed by atoms with Crippen molar-refractivity contribution in [2.75, 3.05) is 25.4 Å². The molecule has 4 aromatic rings. The standard InChI is InChI=1S/C27H31FN6OS/c1-15(2)19-14-34(5)26(35)22-16(3)24(36-25(19)22)23-20(28)13-30-27(32-23)31-21-7-6-18(12-29-21)17-8-10-33(4)11-9-17/h6-7,12-15,17H,8-11H2,1-5H3,(H,29,30,31,32)/i4D3. The van der Waals surface area contributed by atoms with Gasteiger partial charge in [0.05, 0.1) is 16.5 Å². The minimum absolute atomic E-state index is 0.115. The van der Waals surface area contributed by atoms with Crippen LogP contribution in [0.1, 0.15) is 59.3 Å². The lowest BCUT2D eigenvalue weighted by Crippen LogP contribution is -2.29. The molecule has 1 N–H and O–H groups in total. The topological polar surface area (TPSA) is 75.9 Å². The van der Waals surface area contributed by atoms with Crippen molar-refractivity contribution in [1.29, 1.82) is 0 Å². The SMILES string of the molecule is [2H]C([2H])([2H])N1CCC(c2ccc(Nc3ncc(F)c(-c4sc5c(C(C)C)cn(C)c(=O)c5c4C)n3)nc2)CC1. The maximum Gasteiger partial charge on any atom is 0.259 e. The lowest BCUT2D eigenvalue weighted by atomic mass is 9.91. The van der Waals surface area contributed by atoms with Crippen molar-refractivity contribution in [3.05, 3.63) is 63.6 Å². The number of nitrogens with zero attached hydrogens (tertiary/aromatic N) is 5. The van der Waals surface area contributed by atoms with E-state index in [4.69, 9.17) is 4.11 Å². The van der Waals surface area contributed by atoms with Gasteiger partial charge >= 0.3 is 0 Å². The molecule has 7 nitrogen and oxygen atoms in total. The summed E-state index contributed by atoms with van der Waals surface area (Å²) in [4.78, 5) is 28.2. The summed E-state index contributed by atoms with van der Waals surface area (Å²) >= 11 is 1.38. The molecular weight excluding hydrogens is 475 g/mol. The van der Waals surface area contributed by atoms with Gasteiger partial charge in [-0.3, -0.25) is 4.79 Å². The molecule has 188 valence electrons. The van der Waals surface area contributed by atoms with Crippen LogP contribution < -0.4 is 10.9 Å². The fourth-order valence-electron chi connectivity index (χ4n) is 4.75. The number of anilines is 2. The van der Waals surface area contributed by atoms with E-state index < -0.39 is 12.8 Å². The molecule has 1 aliphatic rings. The van der Waals surface area contributed by atoms with Crippen LogP contribution in [0.25, 0.3) is 20.7 Å². The highest BCUT2D eigenvalue weighted by molar-refractivity contribution is 7.22. The van der Waals surface area contributed by atoms with Gasteiger partial charge in [-0.1, -0.05) is 19.9 Å². The van der Waals surface area contributed by atoms with E-state index in [2.05, 4.69) is 34.1 Å². The normalized spacial score (nSPS) is 16.8. The molecule has 0 bridgehead atoms. The van der Waals surface area contributed by atoms with Crippen LogP contribution >= 0.6 is 11.3 Å². The van der Waals surface area contributed by atoms with Crippen LogP contribution in [0, 0.1) is 12.7 Å². The van der Waals surface area contributed by atoms with E-state index in [1.54, 1.807) is 17.8 Å². The van der Waals surface area contributed by atoms with Crippen LogP contribution in [0.15, 0.2) is 35.5 Å². The van der Waals surface area contributed by atoms with Crippen LogP contribution in [0.2, 0.25) is 0 Å². The number of fused-ring (bicyclic) bond motifs is 1. The first-order chi connectivity index (χ1) is 18.4. The summed E-state index contributed by atoms with van der Waals surface area (Å²) in [6, 6.07) is 3.79. The van der Waals surface area contributed by atoms with E-state index in [9.17, 15) is 4.79 Å². The van der Waals surface area contributed by atoms with E-state index in [-0.39, 0.29) is 29.0 Å². The Morgan fingerprint density at radius 3 is 2.67 bits per heavy atom. The fraction of sp³-hybridized carbons (Fsp3) is 0.407. The van der Waals surface area contributed by atoms with Crippen LogP contribution in [0.4, 0.5) is 16.2 Å². The third-order valence-electron chi connectivity index (χ3n) is 6.85. The van der Waals surface area contributed by atoms with Gasteiger partial charge in [-0.15, -0.1) is 11.3 Å². The van der Waals surface area contributed by atoms with Gasteiger partial charge in [0.1, 0.15) is 11.5 Å². The van der Waals surface area contributed by atoms with Gasteiger partial charge in [-0.05, 0) is 74.4 Å². The second-order valence-electron chi connectivity index (χ2n) is 9.67. The highest BCUT2D eigenvalue weighted by atomic mass is 32.1. The third-order valence-corrected chi connectivity index (χ3v) is 8.20. The molecule has 0 unspecified atom stereocenters. The zero-order valence-electron chi connectivity index (χ0n) is 23.8. The molecule has 1 aliphatic heterocycles. The molecule has 9 heteroatoms. The van der Waals surface area contributed by atoms with Crippen molar-refractivity contribution < 1.29 is 8.50 Å². The number of thiophene rings is 1. The van der Waals surface area contributed by atoms with E-state index in [1.807, 2.05) is 25.3 Å². The molecular formula is C27H31FN6OS. The smallest absolute Gasteiger partial charge is 0.259 e. The largest absolute Gasteiger partial charge is 0.318 e. The Labute approximate surface area is 218 Å². The van der Waals surface area contributed by atoms with Crippen LogP contribution in [0.5, 0.6) is 0 Å². The van der Waals surface area contributed by atoms with E-state index in [0.29, 0.717) is 34.7 Å². The van der Waals surface area contributed by atoms with Gasteiger partial charge in [-0.2, -0.15) is 0 Å². The number of hydrogen-bond acceptors (Lipinski definition) is 7. The monoisotopic (exact) mass is 509 g/mol. The number of likely N-dealkylation sites (tertiary alicyclic amines) is 1. The first-order valence-corrected chi connectivity index (χ1v) is 12.9. The molecule has 36 heavy (non-hydrogen) atoms. The first-order valence-electron chi connectivity index (χ1n) is 13.6. The Morgan fingerprint density at radius 1 is 1.22 bits per heavy atom. The van der Waals surface area contributed by atoms with Gasteiger partial charge < -0.3 is 14.8 Å². The summed E-state index contributed by atoms with van der Waals surface area (Å²) in [6.07, 6.45) is 6.27. The number of nitrogens with one attached hydrogen (secondary N) is 1. The predicted molar refractivity (Wildman–Crippen MR) is 144 cm³/mol. The van der Waals surface area contributed by atoms with Crippen molar-refractivity contribution in [1.82, 2.24) is 24.4 Å². The van der Waals surface area contributed by atoms with Gasteiger partial charge in [0.25, 0.3) is 5.56 Å². The Balaban J connectivity index is 1.39. The molecule has 0 amide bonds. The van der Waals surface area contributed by atoms with Crippen molar-refractivity contribution in [3.8, 4) is 10.6 Å². The number of halogens is 1. The van der Waals surface area contributed by atoms with Crippen molar-refractivity contribution in [2.45, 2.75) is 45.4 Å². The highest BCUT2D eigenvalue weighted by Gasteiger charge is 2.22. The van der Waals surface area contributed by atoms with Crippen molar-refractivity contribution in [2.24, 2.45) is 7.05 Å². The highest BCUT2D eigenvalue weighted by Crippen LogP contribution is 2.40. The summed E-state index contributed by atoms with van der Waals surface area (Å²) in [5.74, 6) is 0.593. The van der Waals surface area contributed by atoms with Crippen molar-refractivity contribution >= 4 is 33.2 Å². The Kier molecular flexibility index (Phi) is 5.65. The maximum absolute atomic E-state index is 15.0. The van der Waals surface area contributed by atoms with Crippen LogP contribution in [-0.2, 0) is 7.05 Å². The Hall–Kier alpha value is -3.17. The summed E-state index contributed by atoms with van der Waals surface area (Å²) in [7, 11) is 1.73. The van der Waals surface area contributed by atoms with E-state index in [1.165, 1.54) is 16.2 Å². The minimum Gasteiger partial charge on any atom is -0.318 e. The molecule has 0 aliphatic carbocycles. The second-order valence-corrected chi connectivity index (χ2v) is 10.7. The molecule has 1 fully saturated rings. The van der Waals surface area contributed by atoms with Gasteiger partial charge in [0.15, 0.2) is 5.82 Å². The average Bonchev–Trinajstić information content (AvgIpc) is 3.24. The third kappa shape index (κ3) is 4.53. The first kappa shape index (κ1) is 21.0. The van der Waals surface area contributed by atoms with Crippen LogP contribution in [0.3, 0.4) is 0 Å². The van der Waals surface area contributed by atoms with Gasteiger partial charge in [0.2, 0.25) is 5.95 Å². The molecule has 0 radical (unpaired) electrons. The number of aromatic nitrogens is 4. The molecule has 4 aromatic heterocycles. The number of piperidine rings is 1. The molecule has 0 atom stereocenters. The number of aryl methyl sites for hydroxylation is 2. The number of pyridine rings is 2. The van der Waals surface area contributed by atoms with Gasteiger partial charge in [-0.25, -0.2) is 19.3 Å². The zero-order chi connectivity index (χ0) is 28.1. The van der Waals surface area contributed by atoms with Crippen LogP contribution in [-0.4, -0.2) is 44.5 Å². The minimum atomic E-state index is -2.05. The Morgan fingerprint density at radius 2 is 2.00 bits per heavy atom. The molecule has 0 aromatic carbocycles. The molecule has 1 saturated heterocycles. The maximum atomic E-state index is 15.0. The molecule has 0 saturated carbocycles.